The van der Waals surface area contributed by atoms with Crippen molar-refractivity contribution in [2.24, 2.45) is 0 Å². The molecule has 6 aliphatic heterocycles. The summed E-state index contributed by atoms with van der Waals surface area (Å²) < 4.78 is 0. The Labute approximate surface area is 354 Å². The van der Waals surface area contributed by atoms with Gasteiger partial charge in [0, 0.05) is 84.0 Å². The van der Waals surface area contributed by atoms with Crippen molar-refractivity contribution in [3.05, 3.63) is 53.1 Å². The van der Waals surface area contributed by atoms with Gasteiger partial charge in [-0.15, -0.1) is 0 Å². The number of hydrogen-bond donors (Lipinski definition) is 3. The molecule has 0 aliphatic carbocycles. The quantitative estimate of drug-likeness (QED) is 0.183. The van der Waals surface area contributed by atoms with Crippen LogP contribution in [0.5, 0.6) is 17.2 Å². The van der Waals surface area contributed by atoms with Crippen molar-refractivity contribution in [1.82, 2.24) is 0 Å². The predicted octanol–water partition coefficient (Wildman–Crippen LogP) is 10.1. The van der Waals surface area contributed by atoms with Crippen LogP contribution in [0.15, 0.2) is 36.4 Å². The van der Waals surface area contributed by atoms with Crippen molar-refractivity contribution in [3.63, 3.8) is 0 Å². The molecule has 6 aliphatic rings. The van der Waals surface area contributed by atoms with Gasteiger partial charge in [-0.3, -0.25) is 0 Å². The Balaban J connectivity index is 1.33. The minimum absolute atomic E-state index is 0.419. The van der Waals surface area contributed by atoms with Gasteiger partial charge in [0.2, 0.25) is 0 Å². The summed E-state index contributed by atoms with van der Waals surface area (Å²) >= 11 is 0. The molecule has 0 unspecified atom stereocenters. The van der Waals surface area contributed by atoms with Crippen LogP contribution in [0.25, 0.3) is 0 Å². The summed E-state index contributed by atoms with van der Waals surface area (Å²) in [5, 5.41) is 37.1. The lowest BCUT2D eigenvalue weighted by Crippen LogP contribution is -2.35. The molecule has 0 aromatic heterocycles. The summed E-state index contributed by atoms with van der Waals surface area (Å²) in [6, 6.07) is 14.0. The van der Waals surface area contributed by atoms with Crippen LogP contribution in [0.1, 0.15) is 139 Å². The third kappa shape index (κ3) is 8.08. The minimum atomic E-state index is -0.700. The molecule has 0 amide bonds. The standard InChI is InChI=1S/C50H72N6O3/c1-50(38-32-41(51-20-8-2-9-21-51)47(57)42(33-38)52-22-10-3-11-23-52,39-34-43(53-24-12-4-13-25-53)48(58)44(35-39)54-26-14-5-15-27-54)40-36-45(55-28-16-6-17-29-55)49(59)46(37-40)56-30-18-7-19-31-56/h32-37,57-59H,2-31H2,1H3. The van der Waals surface area contributed by atoms with Crippen molar-refractivity contribution in [2.75, 3.05) is 108 Å². The molecule has 0 saturated carbocycles. The molecule has 0 spiro atoms. The topological polar surface area (TPSA) is 80.1 Å². The van der Waals surface area contributed by atoms with Crippen molar-refractivity contribution in [1.29, 1.82) is 0 Å². The molecule has 0 bridgehead atoms. The normalized spacial score (nSPS) is 21.3. The molecule has 0 radical (unpaired) electrons. The van der Waals surface area contributed by atoms with Crippen LogP contribution in [0, 0.1) is 0 Å². The van der Waals surface area contributed by atoms with E-state index < -0.39 is 5.41 Å². The van der Waals surface area contributed by atoms with Crippen LogP contribution in [0.2, 0.25) is 0 Å². The molecular weight excluding hydrogens is 733 g/mol. The molecule has 320 valence electrons. The first-order chi connectivity index (χ1) is 28.9. The van der Waals surface area contributed by atoms with E-state index in [-0.39, 0.29) is 0 Å². The number of anilines is 6. The maximum absolute atomic E-state index is 12.4. The van der Waals surface area contributed by atoms with E-state index in [0.717, 1.165) is 206 Å². The predicted molar refractivity (Wildman–Crippen MR) is 246 cm³/mol. The first kappa shape index (κ1) is 40.3. The zero-order valence-corrected chi connectivity index (χ0v) is 36.2. The molecule has 3 aromatic rings. The number of nitrogens with zero attached hydrogens (tertiary/aromatic N) is 6. The van der Waals surface area contributed by atoms with Gasteiger partial charge in [-0.25, -0.2) is 0 Å². The maximum atomic E-state index is 12.4. The van der Waals surface area contributed by atoms with E-state index in [1.807, 2.05) is 0 Å². The Bertz CT molecular complexity index is 1560. The summed E-state index contributed by atoms with van der Waals surface area (Å²) in [5.74, 6) is 1.26. The highest BCUT2D eigenvalue weighted by Gasteiger charge is 2.39. The number of hydrogen-bond acceptors (Lipinski definition) is 9. The zero-order chi connectivity index (χ0) is 40.3. The fourth-order valence-corrected chi connectivity index (χ4v) is 11.4. The van der Waals surface area contributed by atoms with E-state index in [4.69, 9.17) is 0 Å². The van der Waals surface area contributed by atoms with Crippen LogP contribution < -0.4 is 29.4 Å². The monoisotopic (exact) mass is 805 g/mol. The van der Waals surface area contributed by atoms with E-state index in [9.17, 15) is 15.3 Å². The lowest BCUT2D eigenvalue weighted by atomic mass is 9.69. The van der Waals surface area contributed by atoms with E-state index in [1.165, 1.54) is 38.5 Å². The molecular formula is C50H72N6O3. The zero-order valence-electron chi connectivity index (χ0n) is 36.2. The first-order valence-corrected chi connectivity index (χ1v) is 24.0. The van der Waals surface area contributed by atoms with Crippen molar-refractivity contribution in [2.45, 2.75) is 128 Å². The fraction of sp³-hybridized carbons (Fsp3) is 0.640. The number of phenolic OH excluding ortho intramolecular Hbond substituents is 3. The molecule has 9 rings (SSSR count). The van der Waals surface area contributed by atoms with Crippen molar-refractivity contribution in [3.8, 4) is 17.2 Å². The van der Waals surface area contributed by atoms with Crippen LogP contribution >= 0.6 is 0 Å². The molecule has 6 heterocycles. The number of rotatable bonds is 9. The average molecular weight is 805 g/mol. The number of phenols is 3. The molecule has 3 aromatic carbocycles. The highest BCUT2D eigenvalue weighted by atomic mass is 16.3. The van der Waals surface area contributed by atoms with Crippen LogP contribution in [0.4, 0.5) is 34.1 Å². The Morgan fingerprint density at radius 3 is 0.593 bits per heavy atom. The number of benzene rings is 3. The maximum Gasteiger partial charge on any atom is 0.162 e. The smallest absolute Gasteiger partial charge is 0.162 e. The highest BCUT2D eigenvalue weighted by Crippen LogP contribution is 2.53. The Morgan fingerprint density at radius 1 is 0.288 bits per heavy atom. The van der Waals surface area contributed by atoms with Gasteiger partial charge >= 0.3 is 0 Å². The van der Waals surface area contributed by atoms with Gasteiger partial charge in [-0.2, -0.15) is 0 Å². The van der Waals surface area contributed by atoms with E-state index in [0.29, 0.717) is 17.2 Å². The van der Waals surface area contributed by atoms with E-state index in [1.54, 1.807) is 0 Å². The Morgan fingerprint density at radius 2 is 0.441 bits per heavy atom. The van der Waals surface area contributed by atoms with Crippen LogP contribution in [-0.4, -0.2) is 93.9 Å². The lowest BCUT2D eigenvalue weighted by Gasteiger charge is -2.41. The molecule has 9 nitrogen and oxygen atoms in total. The van der Waals surface area contributed by atoms with E-state index >= 15 is 0 Å². The largest absolute Gasteiger partial charge is 0.504 e. The third-order valence-electron chi connectivity index (χ3n) is 15.1. The Kier molecular flexibility index (Phi) is 12.2. The Hall–Kier alpha value is -4.14. The van der Waals surface area contributed by atoms with E-state index in [2.05, 4.69) is 72.7 Å². The summed E-state index contributed by atoms with van der Waals surface area (Å²) in [5.41, 5.74) is 8.49. The summed E-state index contributed by atoms with van der Waals surface area (Å²) in [6.07, 6.45) is 20.9. The van der Waals surface area contributed by atoms with Gasteiger partial charge in [0.1, 0.15) is 0 Å². The second-order valence-corrected chi connectivity index (χ2v) is 19.0. The molecule has 9 heteroatoms. The van der Waals surface area contributed by atoms with Crippen molar-refractivity contribution >= 4 is 34.1 Å². The molecule has 59 heavy (non-hydrogen) atoms. The fourth-order valence-electron chi connectivity index (χ4n) is 11.4. The molecule has 6 saturated heterocycles. The van der Waals surface area contributed by atoms with Gasteiger partial charge in [0.15, 0.2) is 17.2 Å². The van der Waals surface area contributed by atoms with Crippen molar-refractivity contribution < 1.29 is 15.3 Å². The third-order valence-corrected chi connectivity index (χ3v) is 15.1. The highest BCUT2D eigenvalue weighted by molar-refractivity contribution is 5.81. The van der Waals surface area contributed by atoms with Gasteiger partial charge in [0.25, 0.3) is 0 Å². The molecule has 6 fully saturated rings. The van der Waals surface area contributed by atoms with Gasteiger partial charge < -0.3 is 44.7 Å². The second kappa shape index (κ2) is 17.8. The SMILES string of the molecule is CC(c1cc(N2CCCCC2)c(O)c(N2CCCCC2)c1)(c1cc(N2CCCCC2)c(O)c(N2CCCCC2)c1)c1cc(N2CCCCC2)c(O)c(N2CCCCC2)c1. The molecule has 3 N–H and O–H groups in total. The minimum Gasteiger partial charge on any atom is -0.504 e. The number of aromatic hydroxyl groups is 3. The summed E-state index contributed by atoms with van der Waals surface area (Å²) in [6.45, 7) is 13.8. The lowest BCUT2D eigenvalue weighted by molar-refractivity contribution is 0.462. The first-order valence-electron chi connectivity index (χ1n) is 24.0. The summed E-state index contributed by atoms with van der Waals surface area (Å²) in [7, 11) is 0. The summed E-state index contributed by atoms with van der Waals surface area (Å²) in [4.78, 5) is 14.7. The molecule has 0 atom stereocenters. The van der Waals surface area contributed by atoms with Gasteiger partial charge in [0.05, 0.1) is 34.1 Å². The van der Waals surface area contributed by atoms with Gasteiger partial charge in [-0.05, 0) is 176 Å². The number of piperidine rings is 6. The second-order valence-electron chi connectivity index (χ2n) is 19.0. The van der Waals surface area contributed by atoms with Crippen LogP contribution in [-0.2, 0) is 5.41 Å². The van der Waals surface area contributed by atoms with Gasteiger partial charge in [-0.1, -0.05) is 0 Å². The van der Waals surface area contributed by atoms with Crippen LogP contribution in [0.3, 0.4) is 0 Å². The average Bonchev–Trinajstić information content (AvgIpc) is 3.30.